The van der Waals surface area contributed by atoms with Gasteiger partial charge in [-0.05, 0) is 45.6 Å². The van der Waals surface area contributed by atoms with E-state index in [4.69, 9.17) is 5.73 Å². The Morgan fingerprint density at radius 1 is 1.00 bits per heavy atom. The molecule has 1 aromatic rings. The Labute approximate surface area is 142 Å². The number of hydrogen-bond acceptors (Lipinski definition) is 2. The Balaban J connectivity index is 0.00000441. The molecular weight excluding hydrogens is 294 g/mol. The van der Waals surface area contributed by atoms with Gasteiger partial charge in [0, 0.05) is 6.04 Å². The summed E-state index contributed by atoms with van der Waals surface area (Å²) in [6.07, 6.45) is 1.05. The van der Waals surface area contributed by atoms with Gasteiger partial charge in [0.2, 0.25) is 0 Å². The number of benzene rings is 1. The van der Waals surface area contributed by atoms with Crippen LogP contribution in [0.3, 0.4) is 0 Å². The van der Waals surface area contributed by atoms with Crippen molar-refractivity contribution in [2.45, 2.75) is 78.7 Å². The zero-order chi connectivity index (χ0) is 16.6. The van der Waals surface area contributed by atoms with Crippen molar-refractivity contribution in [2.75, 3.05) is 0 Å². The van der Waals surface area contributed by atoms with Crippen molar-refractivity contribution >= 4 is 12.4 Å². The maximum atomic E-state index is 10.7. The Morgan fingerprint density at radius 2 is 1.36 bits per heavy atom. The maximum absolute atomic E-state index is 10.7. The minimum atomic E-state index is -0.102. The van der Waals surface area contributed by atoms with Gasteiger partial charge in [0.25, 0.3) is 0 Å². The number of halogens is 1. The fourth-order valence-corrected chi connectivity index (χ4v) is 2.58. The molecule has 3 heteroatoms. The molecule has 0 bridgehead atoms. The molecule has 0 aliphatic rings. The van der Waals surface area contributed by atoms with Crippen LogP contribution in [0.25, 0.3) is 0 Å². The van der Waals surface area contributed by atoms with Gasteiger partial charge >= 0.3 is 0 Å². The van der Waals surface area contributed by atoms with Crippen molar-refractivity contribution in [3.05, 3.63) is 28.8 Å². The lowest BCUT2D eigenvalue weighted by Crippen LogP contribution is -2.23. The summed E-state index contributed by atoms with van der Waals surface area (Å²) in [5.74, 6) is 0.852. The van der Waals surface area contributed by atoms with E-state index in [1.54, 1.807) is 0 Å². The number of nitrogens with two attached hydrogens (primary N) is 1. The topological polar surface area (TPSA) is 46.2 Å². The molecule has 0 fully saturated rings. The van der Waals surface area contributed by atoms with E-state index in [2.05, 4.69) is 67.5 Å². The second-order valence-corrected chi connectivity index (χ2v) is 8.38. The van der Waals surface area contributed by atoms with Crippen molar-refractivity contribution in [3.63, 3.8) is 0 Å². The molecule has 2 nitrogen and oxygen atoms in total. The van der Waals surface area contributed by atoms with E-state index in [0.717, 1.165) is 23.1 Å². The van der Waals surface area contributed by atoms with Crippen LogP contribution in [0.4, 0.5) is 0 Å². The predicted molar refractivity (Wildman–Crippen MR) is 99.1 cm³/mol. The first-order valence-electron chi connectivity index (χ1n) is 8.03. The summed E-state index contributed by atoms with van der Waals surface area (Å²) < 4.78 is 0. The van der Waals surface area contributed by atoms with Gasteiger partial charge in [-0.25, -0.2) is 0 Å². The summed E-state index contributed by atoms with van der Waals surface area (Å²) in [6.45, 7) is 17.1. The van der Waals surface area contributed by atoms with Crippen LogP contribution in [0.15, 0.2) is 12.1 Å². The van der Waals surface area contributed by atoms with Crippen LogP contribution >= 0.6 is 12.4 Å². The van der Waals surface area contributed by atoms with E-state index in [0.29, 0.717) is 11.7 Å². The second-order valence-electron chi connectivity index (χ2n) is 8.38. The third-order valence-electron chi connectivity index (χ3n) is 4.39. The van der Waals surface area contributed by atoms with E-state index in [1.807, 2.05) is 0 Å². The average molecular weight is 328 g/mol. The van der Waals surface area contributed by atoms with Crippen LogP contribution in [0.1, 0.15) is 84.5 Å². The first-order chi connectivity index (χ1) is 9.39. The van der Waals surface area contributed by atoms with Crippen molar-refractivity contribution in [3.8, 4) is 5.75 Å². The lowest BCUT2D eigenvalue weighted by molar-refractivity contribution is 0.417. The van der Waals surface area contributed by atoms with E-state index in [1.165, 1.54) is 0 Å². The highest BCUT2D eigenvalue weighted by molar-refractivity contribution is 5.85. The van der Waals surface area contributed by atoms with E-state index in [-0.39, 0.29) is 29.3 Å². The molecule has 0 aliphatic heterocycles. The summed E-state index contributed by atoms with van der Waals surface area (Å²) in [5, 5.41) is 10.7. The van der Waals surface area contributed by atoms with Crippen LogP contribution in [-0.4, -0.2) is 5.11 Å². The van der Waals surface area contributed by atoms with Crippen molar-refractivity contribution in [1.82, 2.24) is 0 Å². The summed E-state index contributed by atoms with van der Waals surface area (Å²) in [4.78, 5) is 0. The van der Waals surface area contributed by atoms with Crippen molar-refractivity contribution < 1.29 is 5.11 Å². The molecule has 0 saturated carbocycles. The van der Waals surface area contributed by atoms with Gasteiger partial charge in [0.05, 0.1) is 0 Å². The maximum Gasteiger partial charge on any atom is 0.123 e. The first-order valence-corrected chi connectivity index (χ1v) is 8.03. The van der Waals surface area contributed by atoms with Gasteiger partial charge in [-0.3, -0.25) is 0 Å². The zero-order valence-electron chi connectivity index (χ0n) is 15.4. The first kappa shape index (κ1) is 21.3. The molecule has 3 N–H and O–H groups in total. The zero-order valence-corrected chi connectivity index (χ0v) is 16.3. The Hall–Kier alpha value is -0.730. The van der Waals surface area contributed by atoms with Crippen molar-refractivity contribution in [1.29, 1.82) is 0 Å². The summed E-state index contributed by atoms with van der Waals surface area (Å²) >= 11 is 0. The van der Waals surface area contributed by atoms with Gasteiger partial charge < -0.3 is 10.8 Å². The highest BCUT2D eigenvalue weighted by atomic mass is 35.5. The lowest BCUT2D eigenvalue weighted by Gasteiger charge is -2.30. The monoisotopic (exact) mass is 327 g/mol. The highest BCUT2D eigenvalue weighted by Crippen LogP contribution is 2.41. The van der Waals surface area contributed by atoms with Crippen molar-refractivity contribution in [2.24, 2.45) is 11.7 Å². The third-order valence-corrected chi connectivity index (χ3v) is 4.39. The summed E-state index contributed by atoms with van der Waals surface area (Å²) in [6, 6.07) is 4.21. The molecule has 0 radical (unpaired) electrons. The minimum Gasteiger partial charge on any atom is -0.507 e. The van der Waals surface area contributed by atoms with Gasteiger partial charge in [-0.2, -0.15) is 0 Å². The number of phenols is 1. The molecule has 0 saturated heterocycles. The third kappa shape index (κ3) is 4.63. The van der Waals surface area contributed by atoms with E-state index in [9.17, 15) is 5.11 Å². The van der Waals surface area contributed by atoms with E-state index >= 15 is 0 Å². The fraction of sp³-hybridized carbons (Fsp3) is 0.684. The molecule has 128 valence electrons. The molecule has 0 aromatic heterocycles. The smallest absolute Gasteiger partial charge is 0.123 e. The molecular formula is C19H34ClNO. The van der Waals surface area contributed by atoms with Crippen LogP contribution in [0.5, 0.6) is 5.75 Å². The number of phenolic OH excluding ortho intramolecular Hbond substituents is 1. The average Bonchev–Trinajstić information content (AvgIpc) is 2.34. The molecule has 0 spiro atoms. The minimum absolute atomic E-state index is 0. The Kier molecular flexibility index (Phi) is 6.99. The molecule has 1 rings (SSSR count). The van der Waals surface area contributed by atoms with Gasteiger partial charge in [-0.15, -0.1) is 12.4 Å². The molecule has 0 aliphatic carbocycles. The lowest BCUT2D eigenvalue weighted by atomic mass is 9.77. The second kappa shape index (κ2) is 7.23. The van der Waals surface area contributed by atoms with Gasteiger partial charge in [-0.1, -0.05) is 61.8 Å². The highest BCUT2D eigenvalue weighted by Gasteiger charge is 2.28. The number of hydrogen-bond donors (Lipinski definition) is 2. The largest absolute Gasteiger partial charge is 0.507 e. The van der Waals surface area contributed by atoms with Crippen LogP contribution < -0.4 is 5.73 Å². The quantitative estimate of drug-likeness (QED) is 0.774. The molecule has 22 heavy (non-hydrogen) atoms. The molecule has 0 heterocycles. The van der Waals surface area contributed by atoms with E-state index < -0.39 is 0 Å². The van der Waals surface area contributed by atoms with Crippen LogP contribution in [-0.2, 0) is 10.8 Å². The van der Waals surface area contributed by atoms with Gasteiger partial charge in [0.15, 0.2) is 0 Å². The predicted octanol–water partition coefficient (Wildman–Crippen LogP) is 5.45. The summed E-state index contributed by atoms with van der Waals surface area (Å²) in [7, 11) is 0. The van der Waals surface area contributed by atoms with Crippen LogP contribution in [0.2, 0.25) is 0 Å². The SMILES string of the molecule is CCC(C)[C@H](N)c1cc(C(C)(C)C)c(O)c(C(C)(C)C)c1.Cl. The normalized spacial score (nSPS) is 15.1. The van der Waals surface area contributed by atoms with Gasteiger partial charge in [0.1, 0.15) is 5.75 Å². The Bertz CT molecular complexity index is 462. The Morgan fingerprint density at radius 3 is 1.64 bits per heavy atom. The summed E-state index contributed by atoms with van der Waals surface area (Å²) in [5.41, 5.74) is 9.35. The number of aromatic hydroxyl groups is 1. The molecule has 1 aromatic carbocycles. The fourth-order valence-electron chi connectivity index (χ4n) is 2.58. The molecule has 2 atom stereocenters. The molecule has 1 unspecified atom stereocenters. The number of rotatable bonds is 3. The standard InChI is InChI=1S/C19H33NO.ClH/c1-9-12(2)16(20)13-10-14(18(3,4)5)17(21)15(11-13)19(6,7)8;/h10-12,16,21H,9,20H2,1-8H3;1H/t12?,16-;/m0./s1. The van der Waals surface area contributed by atoms with Crippen LogP contribution in [0, 0.1) is 5.92 Å². The molecule has 0 amide bonds.